The molecule has 1 amide bonds. The van der Waals surface area contributed by atoms with Gasteiger partial charge in [0.1, 0.15) is 0 Å². The number of hydrogen-bond acceptors (Lipinski definition) is 4. The Hall–Kier alpha value is -1.93. The predicted octanol–water partition coefficient (Wildman–Crippen LogP) is 2.48. The summed E-state index contributed by atoms with van der Waals surface area (Å²) in [5.74, 6) is -1.42. The topological polar surface area (TPSA) is 104 Å². The second-order valence-electron chi connectivity index (χ2n) is 6.97. The second-order valence-corrected chi connectivity index (χ2v) is 8.91. The van der Waals surface area contributed by atoms with Crippen LogP contribution in [-0.4, -0.2) is 49.3 Å². The zero-order chi connectivity index (χ0) is 20.1. The molecule has 0 aliphatic carbocycles. The number of benzene rings is 1. The Bertz CT molecular complexity index is 781. The molecule has 27 heavy (non-hydrogen) atoms. The van der Waals surface area contributed by atoms with Crippen LogP contribution in [0.4, 0.5) is 0 Å². The van der Waals surface area contributed by atoms with E-state index in [0.29, 0.717) is 25.9 Å². The van der Waals surface area contributed by atoms with Crippen LogP contribution in [0.5, 0.6) is 0 Å². The largest absolute Gasteiger partial charge is 0.481 e. The average molecular weight is 397 g/mol. The number of hydrogen-bond donors (Lipinski definition) is 2. The fourth-order valence-electron chi connectivity index (χ4n) is 3.28. The molecule has 0 radical (unpaired) electrons. The molecule has 0 saturated carbocycles. The van der Waals surface area contributed by atoms with E-state index in [1.54, 1.807) is 13.8 Å². The fraction of sp³-hybridized carbons (Fsp3) is 0.579. The van der Waals surface area contributed by atoms with E-state index in [9.17, 15) is 23.1 Å². The standard InChI is InChI=1S/C19H28N2O5S/c1-3-19(4-2,18(23)24)14-20-17(22)15-9-8-10-16(13-15)27(25,26)21-11-6-5-7-12-21/h8-10,13H,3-7,11-12,14H2,1-2H3,(H,20,22)(H,23,24). The number of sulfonamides is 1. The highest BCUT2D eigenvalue weighted by Crippen LogP contribution is 2.26. The van der Waals surface area contributed by atoms with Crippen LogP contribution < -0.4 is 5.32 Å². The molecule has 0 aromatic heterocycles. The number of nitrogens with zero attached hydrogens (tertiary/aromatic N) is 1. The highest BCUT2D eigenvalue weighted by molar-refractivity contribution is 7.89. The summed E-state index contributed by atoms with van der Waals surface area (Å²) in [5, 5.41) is 12.1. The van der Waals surface area contributed by atoms with Crippen molar-refractivity contribution in [2.45, 2.75) is 50.8 Å². The molecule has 1 aromatic carbocycles. The van der Waals surface area contributed by atoms with E-state index in [1.807, 2.05) is 0 Å². The van der Waals surface area contributed by atoms with Crippen molar-refractivity contribution in [1.29, 1.82) is 0 Å². The van der Waals surface area contributed by atoms with Crippen molar-refractivity contribution in [1.82, 2.24) is 9.62 Å². The lowest BCUT2D eigenvalue weighted by atomic mass is 9.82. The van der Waals surface area contributed by atoms with Crippen LogP contribution in [0, 0.1) is 5.41 Å². The van der Waals surface area contributed by atoms with E-state index in [2.05, 4.69) is 5.32 Å². The molecule has 150 valence electrons. The maximum absolute atomic E-state index is 12.8. The van der Waals surface area contributed by atoms with Gasteiger partial charge in [-0.05, 0) is 43.9 Å². The summed E-state index contributed by atoms with van der Waals surface area (Å²) >= 11 is 0. The molecular weight excluding hydrogens is 368 g/mol. The third-order valence-corrected chi connectivity index (χ3v) is 7.34. The minimum Gasteiger partial charge on any atom is -0.481 e. The molecule has 1 saturated heterocycles. The molecule has 1 aromatic rings. The van der Waals surface area contributed by atoms with E-state index in [1.165, 1.54) is 28.6 Å². The zero-order valence-corrected chi connectivity index (χ0v) is 16.7. The Balaban J connectivity index is 2.17. The molecule has 1 heterocycles. The van der Waals surface area contributed by atoms with E-state index in [0.717, 1.165) is 19.3 Å². The normalized spacial score (nSPS) is 16.1. The Morgan fingerprint density at radius 1 is 1.15 bits per heavy atom. The third kappa shape index (κ3) is 4.68. The quantitative estimate of drug-likeness (QED) is 0.702. The molecule has 0 bridgehead atoms. The van der Waals surface area contributed by atoms with Gasteiger partial charge < -0.3 is 10.4 Å². The Labute approximate surface area is 160 Å². The van der Waals surface area contributed by atoms with Crippen molar-refractivity contribution in [3.8, 4) is 0 Å². The maximum atomic E-state index is 12.8. The number of carbonyl (C=O) groups is 2. The first-order valence-electron chi connectivity index (χ1n) is 9.38. The summed E-state index contributed by atoms with van der Waals surface area (Å²) in [4.78, 5) is 24.1. The molecule has 1 aliphatic rings. The number of carboxylic acid groups (broad SMARTS) is 1. The summed E-state index contributed by atoms with van der Waals surface area (Å²) in [6.45, 7) is 4.53. The first-order chi connectivity index (χ1) is 12.8. The predicted molar refractivity (Wildman–Crippen MR) is 102 cm³/mol. The number of carboxylic acids is 1. The Morgan fingerprint density at radius 2 is 1.78 bits per heavy atom. The first kappa shape index (κ1) is 21.4. The lowest BCUT2D eigenvalue weighted by molar-refractivity contribution is -0.149. The maximum Gasteiger partial charge on any atom is 0.311 e. The van der Waals surface area contributed by atoms with Crippen molar-refractivity contribution >= 4 is 21.9 Å². The van der Waals surface area contributed by atoms with E-state index in [4.69, 9.17) is 0 Å². The number of aliphatic carboxylic acids is 1. The van der Waals surface area contributed by atoms with E-state index in [-0.39, 0.29) is 17.0 Å². The molecule has 1 fully saturated rings. The number of amides is 1. The van der Waals surface area contributed by atoms with E-state index >= 15 is 0 Å². The van der Waals surface area contributed by atoms with Crippen molar-refractivity contribution in [3.05, 3.63) is 29.8 Å². The molecule has 0 atom stereocenters. The van der Waals surface area contributed by atoms with Gasteiger partial charge in [-0.1, -0.05) is 26.3 Å². The van der Waals surface area contributed by atoms with E-state index < -0.39 is 27.3 Å². The minimum atomic E-state index is -3.62. The van der Waals surface area contributed by atoms with Crippen molar-refractivity contribution in [2.75, 3.05) is 19.6 Å². The van der Waals surface area contributed by atoms with Crippen molar-refractivity contribution in [3.63, 3.8) is 0 Å². The highest BCUT2D eigenvalue weighted by Gasteiger charge is 2.35. The van der Waals surface area contributed by atoms with Crippen LogP contribution in [0.3, 0.4) is 0 Å². The van der Waals surface area contributed by atoms with Crippen LogP contribution in [0.25, 0.3) is 0 Å². The first-order valence-corrected chi connectivity index (χ1v) is 10.8. The molecule has 2 rings (SSSR count). The van der Waals surface area contributed by atoms with Crippen LogP contribution >= 0.6 is 0 Å². The number of rotatable bonds is 8. The number of nitrogens with one attached hydrogen (secondary N) is 1. The van der Waals surface area contributed by atoms with Gasteiger partial charge in [-0.2, -0.15) is 4.31 Å². The van der Waals surface area contributed by atoms with Gasteiger partial charge in [-0.25, -0.2) is 8.42 Å². The molecule has 0 unspecified atom stereocenters. The summed E-state index contributed by atoms with van der Waals surface area (Å²) in [7, 11) is -3.62. The molecule has 8 heteroatoms. The number of carbonyl (C=O) groups excluding carboxylic acids is 1. The molecule has 2 N–H and O–H groups in total. The second kappa shape index (κ2) is 8.84. The summed E-state index contributed by atoms with van der Waals surface area (Å²) in [5.41, 5.74) is -0.813. The SMILES string of the molecule is CCC(CC)(CNC(=O)c1cccc(S(=O)(=O)N2CCCCC2)c1)C(=O)O. The van der Waals surface area contributed by atoms with Crippen LogP contribution in [0.2, 0.25) is 0 Å². The fourth-order valence-corrected chi connectivity index (χ4v) is 4.85. The third-order valence-electron chi connectivity index (χ3n) is 5.44. The van der Waals surface area contributed by atoms with Crippen LogP contribution in [-0.2, 0) is 14.8 Å². The van der Waals surface area contributed by atoms with Gasteiger partial charge in [0.25, 0.3) is 5.91 Å². The van der Waals surface area contributed by atoms with Gasteiger partial charge in [-0.15, -0.1) is 0 Å². The molecule has 7 nitrogen and oxygen atoms in total. The minimum absolute atomic E-state index is 0.00271. The van der Waals surface area contributed by atoms with Crippen LogP contribution in [0.15, 0.2) is 29.2 Å². The van der Waals surface area contributed by atoms with Gasteiger partial charge in [0.05, 0.1) is 10.3 Å². The monoisotopic (exact) mass is 396 g/mol. The molecule has 1 aliphatic heterocycles. The zero-order valence-electron chi connectivity index (χ0n) is 15.9. The Morgan fingerprint density at radius 3 is 2.33 bits per heavy atom. The van der Waals surface area contributed by atoms with Crippen molar-refractivity contribution in [2.24, 2.45) is 5.41 Å². The van der Waals surface area contributed by atoms with Gasteiger partial charge in [0, 0.05) is 25.2 Å². The summed E-state index contributed by atoms with van der Waals surface area (Å²) in [6.07, 6.45) is 3.48. The Kier molecular flexibility index (Phi) is 7.00. The highest BCUT2D eigenvalue weighted by atomic mass is 32.2. The smallest absolute Gasteiger partial charge is 0.311 e. The van der Waals surface area contributed by atoms with Crippen LogP contribution in [0.1, 0.15) is 56.3 Å². The number of piperidine rings is 1. The lowest BCUT2D eigenvalue weighted by Gasteiger charge is -2.27. The van der Waals surface area contributed by atoms with Crippen molar-refractivity contribution < 1.29 is 23.1 Å². The summed E-state index contributed by atoms with van der Waals surface area (Å²) in [6, 6.07) is 5.92. The summed E-state index contributed by atoms with van der Waals surface area (Å²) < 4.78 is 27.0. The molecule has 0 spiro atoms. The van der Waals surface area contributed by atoms with Gasteiger partial charge in [-0.3, -0.25) is 9.59 Å². The molecular formula is C19H28N2O5S. The lowest BCUT2D eigenvalue weighted by Crippen LogP contribution is -2.42. The van der Waals surface area contributed by atoms with Gasteiger partial charge in [0.2, 0.25) is 10.0 Å². The van der Waals surface area contributed by atoms with Gasteiger partial charge in [0.15, 0.2) is 0 Å². The average Bonchev–Trinajstić information content (AvgIpc) is 2.69. The van der Waals surface area contributed by atoms with Gasteiger partial charge >= 0.3 is 5.97 Å².